The molecule has 0 radical (unpaired) electrons. The van der Waals surface area contributed by atoms with E-state index in [0.29, 0.717) is 13.2 Å². The average Bonchev–Trinajstić information content (AvgIpc) is 3.23. The van der Waals surface area contributed by atoms with Crippen molar-refractivity contribution in [2.75, 3.05) is 13.2 Å². The first kappa shape index (κ1) is 16.3. The molecule has 4 nitrogen and oxygen atoms in total. The van der Waals surface area contributed by atoms with Crippen molar-refractivity contribution in [2.24, 2.45) is 11.3 Å². The van der Waals surface area contributed by atoms with Crippen LogP contribution in [0.2, 0.25) is 0 Å². The average molecular weight is 325 g/mol. The first-order valence-electron chi connectivity index (χ1n) is 7.94. The van der Waals surface area contributed by atoms with Crippen LogP contribution in [0.15, 0.2) is 18.2 Å². The van der Waals surface area contributed by atoms with Crippen LogP contribution in [0.25, 0.3) is 0 Å². The van der Waals surface area contributed by atoms with E-state index in [2.05, 4.69) is 5.32 Å². The van der Waals surface area contributed by atoms with Gasteiger partial charge in [-0.3, -0.25) is 4.79 Å². The summed E-state index contributed by atoms with van der Waals surface area (Å²) in [6.07, 6.45) is 1.56. The van der Waals surface area contributed by atoms with Gasteiger partial charge in [0.1, 0.15) is 0 Å². The Labute approximate surface area is 133 Å². The molecule has 3 unspecified atom stereocenters. The van der Waals surface area contributed by atoms with Gasteiger partial charge in [-0.05, 0) is 49.3 Å². The topological polar surface area (TPSA) is 58.6 Å². The summed E-state index contributed by atoms with van der Waals surface area (Å²) >= 11 is 0. The largest absolute Gasteiger partial charge is 0.386 e. The van der Waals surface area contributed by atoms with Crippen LogP contribution < -0.4 is 5.32 Å². The normalized spacial score (nSPS) is 25.0. The van der Waals surface area contributed by atoms with E-state index < -0.39 is 23.8 Å². The monoisotopic (exact) mass is 325 g/mol. The number of carbonyl (C=O) groups is 1. The summed E-state index contributed by atoms with van der Waals surface area (Å²) in [5, 5.41) is 13.0. The summed E-state index contributed by atoms with van der Waals surface area (Å²) in [5.74, 6) is -2.09. The number of amides is 1. The summed E-state index contributed by atoms with van der Waals surface area (Å²) in [4.78, 5) is 12.3. The van der Waals surface area contributed by atoms with Crippen LogP contribution in [-0.4, -0.2) is 30.3 Å². The quantitative estimate of drug-likeness (QED) is 0.893. The minimum Gasteiger partial charge on any atom is -0.386 e. The van der Waals surface area contributed by atoms with Crippen LogP contribution >= 0.6 is 0 Å². The van der Waals surface area contributed by atoms with Gasteiger partial charge in [0.25, 0.3) is 0 Å². The molecule has 1 saturated heterocycles. The van der Waals surface area contributed by atoms with Gasteiger partial charge in [-0.15, -0.1) is 0 Å². The molecule has 1 spiro atoms. The van der Waals surface area contributed by atoms with Crippen LogP contribution in [0, 0.1) is 23.0 Å². The number of benzene rings is 1. The molecule has 3 atom stereocenters. The third-order valence-corrected chi connectivity index (χ3v) is 5.12. The SMILES string of the molecule is CC(NC(=O)C1CC12CCOCC2)C(O)c1ccc(F)c(F)c1. The smallest absolute Gasteiger partial charge is 0.224 e. The Bertz CT molecular complexity index is 602. The lowest BCUT2D eigenvalue weighted by Crippen LogP contribution is -2.39. The number of aliphatic hydroxyl groups excluding tert-OH is 1. The molecule has 1 saturated carbocycles. The Hall–Kier alpha value is -1.53. The van der Waals surface area contributed by atoms with Crippen molar-refractivity contribution in [2.45, 2.75) is 38.3 Å². The summed E-state index contributed by atoms with van der Waals surface area (Å²) in [6, 6.07) is 2.67. The Morgan fingerprint density at radius 1 is 1.35 bits per heavy atom. The molecule has 2 N–H and O–H groups in total. The second kappa shape index (κ2) is 6.17. The zero-order valence-electron chi connectivity index (χ0n) is 13.0. The van der Waals surface area contributed by atoms with E-state index in [0.717, 1.165) is 31.4 Å². The van der Waals surface area contributed by atoms with E-state index in [9.17, 15) is 18.7 Å². The molecule has 3 rings (SSSR count). The fourth-order valence-electron chi connectivity index (χ4n) is 3.44. The Balaban J connectivity index is 1.59. The molecule has 1 aliphatic carbocycles. The first-order chi connectivity index (χ1) is 10.9. The number of hydrogen-bond acceptors (Lipinski definition) is 3. The van der Waals surface area contributed by atoms with Crippen LogP contribution in [0.5, 0.6) is 0 Å². The molecule has 2 aliphatic rings. The van der Waals surface area contributed by atoms with Crippen LogP contribution in [0.3, 0.4) is 0 Å². The van der Waals surface area contributed by atoms with Gasteiger partial charge in [-0.2, -0.15) is 0 Å². The minimum atomic E-state index is -1.08. The van der Waals surface area contributed by atoms with Gasteiger partial charge in [0.15, 0.2) is 11.6 Å². The van der Waals surface area contributed by atoms with Crippen LogP contribution in [0.4, 0.5) is 8.78 Å². The van der Waals surface area contributed by atoms with Crippen molar-refractivity contribution in [3.63, 3.8) is 0 Å². The lowest BCUT2D eigenvalue weighted by atomic mass is 9.93. The van der Waals surface area contributed by atoms with Gasteiger partial charge in [-0.25, -0.2) is 8.78 Å². The van der Waals surface area contributed by atoms with Crippen molar-refractivity contribution in [3.8, 4) is 0 Å². The highest BCUT2D eigenvalue weighted by atomic mass is 19.2. The van der Waals surface area contributed by atoms with Crippen molar-refractivity contribution in [1.29, 1.82) is 0 Å². The summed E-state index contributed by atoms with van der Waals surface area (Å²) in [6.45, 7) is 3.04. The molecule has 1 heterocycles. The molecule has 126 valence electrons. The van der Waals surface area contributed by atoms with Crippen LogP contribution in [0.1, 0.15) is 37.9 Å². The van der Waals surface area contributed by atoms with Crippen molar-refractivity contribution in [1.82, 2.24) is 5.32 Å². The van der Waals surface area contributed by atoms with Gasteiger partial charge in [0.2, 0.25) is 5.91 Å². The molecule has 1 aliphatic heterocycles. The molecular weight excluding hydrogens is 304 g/mol. The third-order valence-electron chi connectivity index (χ3n) is 5.12. The highest BCUT2D eigenvalue weighted by Crippen LogP contribution is 2.59. The second-order valence-electron chi connectivity index (χ2n) is 6.65. The maximum atomic E-state index is 13.3. The fraction of sp³-hybridized carbons (Fsp3) is 0.588. The van der Waals surface area contributed by atoms with Crippen molar-refractivity contribution < 1.29 is 23.4 Å². The number of hydrogen-bond donors (Lipinski definition) is 2. The molecular formula is C17H21F2NO3. The van der Waals surface area contributed by atoms with Crippen molar-refractivity contribution in [3.05, 3.63) is 35.4 Å². The predicted octanol–water partition coefficient (Wildman–Crippen LogP) is 2.32. The van der Waals surface area contributed by atoms with Crippen LogP contribution in [-0.2, 0) is 9.53 Å². The van der Waals surface area contributed by atoms with Gasteiger partial charge < -0.3 is 15.2 Å². The lowest BCUT2D eigenvalue weighted by molar-refractivity contribution is -0.125. The molecule has 1 aromatic carbocycles. The molecule has 0 aromatic heterocycles. The van der Waals surface area contributed by atoms with E-state index in [4.69, 9.17) is 4.74 Å². The maximum absolute atomic E-state index is 13.3. The summed E-state index contributed by atoms with van der Waals surface area (Å²) in [7, 11) is 0. The second-order valence-corrected chi connectivity index (χ2v) is 6.65. The Kier molecular flexibility index (Phi) is 4.38. The van der Waals surface area contributed by atoms with E-state index in [1.165, 1.54) is 6.07 Å². The number of rotatable bonds is 4. The molecule has 6 heteroatoms. The minimum absolute atomic E-state index is 0.0361. The zero-order valence-corrected chi connectivity index (χ0v) is 13.0. The number of ether oxygens (including phenoxy) is 1. The van der Waals surface area contributed by atoms with E-state index in [-0.39, 0.29) is 22.8 Å². The molecule has 23 heavy (non-hydrogen) atoms. The Morgan fingerprint density at radius 2 is 2.04 bits per heavy atom. The van der Waals surface area contributed by atoms with E-state index >= 15 is 0 Å². The van der Waals surface area contributed by atoms with Gasteiger partial charge >= 0.3 is 0 Å². The number of halogens is 2. The Morgan fingerprint density at radius 3 is 2.70 bits per heavy atom. The molecule has 0 bridgehead atoms. The molecule has 1 aromatic rings. The number of carbonyl (C=O) groups excluding carboxylic acids is 1. The third kappa shape index (κ3) is 3.23. The fourth-order valence-corrected chi connectivity index (χ4v) is 3.44. The van der Waals surface area contributed by atoms with Gasteiger partial charge in [0.05, 0.1) is 12.1 Å². The number of aliphatic hydroxyl groups is 1. The lowest BCUT2D eigenvalue weighted by Gasteiger charge is -2.24. The van der Waals surface area contributed by atoms with E-state index in [1.807, 2.05) is 0 Å². The maximum Gasteiger partial charge on any atom is 0.224 e. The summed E-state index contributed by atoms with van der Waals surface area (Å²) < 4.78 is 31.5. The van der Waals surface area contributed by atoms with Gasteiger partial charge in [0, 0.05) is 19.1 Å². The summed E-state index contributed by atoms with van der Waals surface area (Å²) in [5.41, 5.74) is 0.308. The zero-order chi connectivity index (χ0) is 16.6. The highest BCUT2D eigenvalue weighted by Gasteiger charge is 2.58. The standard InChI is InChI=1S/C17H21F2NO3/c1-10(15(21)11-2-3-13(18)14(19)8-11)20-16(22)12-9-17(12)4-6-23-7-5-17/h2-3,8,10,12,15,21H,4-7,9H2,1H3,(H,20,22). The molecule has 1 amide bonds. The predicted molar refractivity (Wildman–Crippen MR) is 79.5 cm³/mol. The first-order valence-corrected chi connectivity index (χ1v) is 7.94. The van der Waals surface area contributed by atoms with Crippen molar-refractivity contribution >= 4 is 5.91 Å². The number of nitrogens with one attached hydrogen (secondary N) is 1. The van der Waals surface area contributed by atoms with Gasteiger partial charge in [-0.1, -0.05) is 6.07 Å². The molecule has 2 fully saturated rings. The van der Waals surface area contributed by atoms with E-state index in [1.54, 1.807) is 6.92 Å². The highest BCUT2D eigenvalue weighted by molar-refractivity contribution is 5.82.